The minimum Gasteiger partial charge on any atom is -0.398 e. The van der Waals surface area contributed by atoms with Crippen LogP contribution in [0.3, 0.4) is 0 Å². The lowest BCUT2D eigenvalue weighted by atomic mass is 10.0. The van der Waals surface area contributed by atoms with Crippen LogP contribution in [-0.4, -0.2) is 16.5 Å². The summed E-state index contributed by atoms with van der Waals surface area (Å²) in [6, 6.07) is 3.04. The molecule has 0 unspecified atom stereocenters. The zero-order chi connectivity index (χ0) is 14.4. The topological polar surface area (TPSA) is 77.1 Å². The second kappa shape index (κ2) is 4.11. The van der Waals surface area contributed by atoms with Crippen LogP contribution in [0.2, 0.25) is 0 Å². The van der Waals surface area contributed by atoms with Crippen molar-refractivity contribution >= 4 is 11.6 Å². The Balaban J connectivity index is 2.04. The van der Waals surface area contributed by atoms with Crippen molar-refractivity contribution in [2.45, 2.75) is 40.3 Å². The average molecular weight is 263 g/mol. The lowest BCUT2D eigenvalue weighted by molar-refractivity contribution is -0.122. The molecule has 1 aliphatic carbocycles. The fraction of sp³-hybridized carbons (Fsp3) is 0.571. The number of amides is 1. The van der Waals surface area contributed by atoms with Crippen LogP contribution in [-0.2, 0) is 11.3 Å². The molecule has 104 valence electrons. The van der Waals surface area contributed by atoms with Crippen molar-refractivity contribution in [1.82, 2.24) is 9.88 Å². The van der Waals surface area contributed by atoms with Crippen molar-refractivity contribution in [3.05, 3.63) is 28.7 Å². The first kappa shape index (κ1) is 13.6. The number of nitrogens with one attached hydrogen (secondary N) is 1. The normalized spacial score (nSPS) is 20.0. The molecule has 0 spiro atoms. The summed E-state index contributed by atoms with van der Waals surface area (Å²) in [5.41, 5.74) is 6.03. The molecule has 1 saturated carbocycles. The molecule has 3 N–H and O–H groups in total. The van der Waals surface area contributed by atoms with E-state index in [0.717, 1.165) is 0 Å². The summed E-state index contributed by atoms with van der Waals surface area (Å²) in [5.74, 6) is -0.156. The van der Waals surface area contributed by atoms with Gasteiger partial charge in [-0.2, -0.15) is 0 Å². The van der Waals surface area contributed by atoms with Gasteiger partial charge in [0.05, 0.1) is 0 Å². The first-order valence-electron chi connectivity index (χ1n) is 6.41. The molecule has 1 aromatic heterocycles. The molecule has 0 aliphatic heterocycles. The van der Waals surface area contributed by atoms with Crippen LogP contribution in [0, 0.1) is 10.8 Å². The Bertz CT molecular complexity index is 558. The predicted molar refractivity (Wildman–Crippen MR) is 74.6 cm³/mol. The van der Waals surface area contributed by atoms with E-state index in [-0.39, 0.29) is 34.9 Å². The number of aromatic nitrogens is 1. The lowest BCUT2D eigenvalue weighted by Crippen LogP contribution is -2.35. The van der Waals surface area contributed by atoms with Crippen molar-refractivity contribution < 1.29 is 4.79 Å². The van der Waals surface area contributed by atoms with Gasteiger partial charge in [-0.25, -0.2) is 0 Å². The van der Waals surface area contributed by atoms with E-state index in [1.165, 1.54) is 22.9 Å². The first-order chi connectivity index (χ1) is 8.66. The van der Waals surface area contributed by atoms with E-state index in [1.54, 1.807) is 0 Å². The third-order valence-corrected chi connectivity index (χ3v) is 4.65. The van der Waals surface area contributed by atoms with Crippen molar-refractivity contribution in [3.63, 3.8) is 0 Å². The molecule has 0 radical (unpaired) electrons. The van der Waals surface area contributed by atoms with Crippen molar-refractivity contribution in [2.75, 3.05) is 5.73 Å². The standard InChI is InChI=1S/C14H21N3O2/c1-13(2)12(14(13,3)4)16-10(18)8-17-7-9(15)5-6-11(17)19/h5-7,12H,8,15H2,1-4H3,(H,16,18). The largest absolute Gasteiger partial charge is 0.398 e. The number of carbonyl (C=O) groups excluding carboxylic acids is 1. The zero-order valence-electron chi connectivity index (χ0n) is 11.9. The van der Waals surface area contributed by atoms with Crippen LogP contribution in [0.25, 0.3) is 0 Å². The number of nitrogen functional groups attached to an aromatic ring is 1. The predicted octanol–water partition coefficient (Wildman–Crippen LogP) is 0.981. The highest BCUT2D eigenvalue weighted by molar-refractivity contribution is 5.77. The van der Waals surface area contributed by atoms with Gasteiger partial charge in [-0.15, -0.1) is 0 Å². The first-order valence-corrected chi connectivity index (χ1v) is 6.41. The van der Waals surface area contributed by atoms with E-state index in [1.807, 2.05) is 0 Å². The van der Waals surface area contributed by atoms with Gasteiger partial charge in [0.25, 0.3) is 5.56 Å². The van der Waals surface area contributed by atoms with Gasteiger partial charge >= 0.3 is 0 Å². The minimum absolute atomic E-state index is 0.00648. The van der Waals surface area contributed by atoms with Crippen LogP contribution >= 0.6 is 0 Å². The molecule has 5 nitrogen and oxygen atoms in total. The van der Waals surface area contributed by atoms with E-state index in [2.05, 4.69) is 33.0 Å². The Labute approximate surface area is 112 Å². The molecule has 1 amide bonds. The SMILES string of the molecule is CC1(C)C(NC(=O)Cn2cc(N)ccc2=O)C1(C)C. The third-order valence-electron chi connectivity index (χ3n) is 4.65. The monoisotopic (exact) mass is 263 g/mol. The second-order valence-corrected chi connectivity index (χ2v) is 6.37. The summed E-state index contributed by atoms with van der Waals surface area (Å²) in [5, 5.41) is 2.99. The van der Waals surface area contributed by atoms with E-state index in [0.29, 0.717) is 5.69 Å². The minimum atomic E-state index is -0.223. The Hall–Kier alpha value is -1.78. The summed E-state index contributed by atoms with van der Waals surface area (Å²) in [6.07, 6.45) is 1.49. The van der Waals surface area contributed by atoms with Crippen LogP contribution < -0.4 is 16.6 Å². The van der Waals surface area contributed by atoms with Crippen LogP contribution in [0.15, 0.2) is 23.1 Å². The average Bonchev–Trinajstić information content (AvgIpc) is 2.66. The molecular formula is C14H21N3O2. The van der Waals surface area contributed by atoms with Crippen molar-refractivity contribution in [1.29, 1.82) is 0 Å². The van der Waals surface area contributed by atoms with E-state index in [9.17, 15) is 9.59 Å². The van der Waals surface area contributed by atoms with Crippen LogP contribution in [0.4, 0.5) is 5.69 Å². The van der Waals surface area contributed by atoms with Gasteiger partial charge in [-0.3, -0.25) is 9.59 Å². The smallest absolute Gasteiger partial charge is 0.251 e. The number of nitrogens with zero attached hydrogens (tertiary/aromatic N) is 1. The maximum absolute atomic E-state index is 12.0. The summed E-state index contributed by atoms with van der Waals surface area (Å²) >= 11 is 0. The Morgan fingerprint density at radius 3 is 2.42 bits per heavy atom. The molecule has 5 heteroatoms. The molecule has 1 aromatic rings. The Morgan fingerprint density at radius 1 is 1.32 bits per heavy atom. The van der Waals surface area contributed by atoms with E-state index >= 15 is 0 Å². The number of rotatable bonds is 3. The molecule has 1 heterocycles. The fourth-order valence-corrected chi connectivity index (χ4v) is 2.59. The van der Waals surface area contributed by atoms with Gasteiger partial charge in [-0.1, -0.05) is 27.7 Å². The van der Waals surface area contributed by atoms with Gasteiger partial charge in [0.1, 0.15) is 6.54 Å². The fourth-order valence-electron chi connectivity index (χ4n) is 2.59. The number of nitrogens with two attached hydrogens (primary N) is 1. The second-order valence-electron chi connectivity index (χ2n) is 6.37. The summed E-state index contributed by atoms with van der Waals surface area (Å²) in [4.78, 5) is 23.6. The molecular weight excluding hydrogens is 242 g/mol. The summed E-state index contributed by atoms with van der Waals surface area (Å²) in [7, 11) is 0. The Kier molecular flexibility index (Phi) is 2.96. The number of hydrogen-bond donors (Lipinski definition) is 2. The molecule has 1 aliphatic rings. The highest BCUT2D eigenvalue weighted by atomic mass is 16.2. The van der Waals surface area contributed by atoms with E-state index < -0.39 is 0 Å². The highest BCUT2D eigenvalue weighted by Gasteiger charge is 2.65. The maximum atomic E-state index is 12.0. The van der Waals surface area contributed by atoms with Gasteiger partial charge in [0, 0.05) is 24.0 Å². The zero-order valence-corrected chi connectivity index (χ0v) is 11.9. The van der Waals surface area contributed by atoms with Gasteiger partial charge in [-0.05, 0) is 16.9 Å². The van der Waals surface area contributed by atoms with Gasteiger partial charge in [0.2, 0.25) is 5.91 Å². The Morgan fingerprint density at radius 2 is 1.89 bits per heavy atom. The lowest BCUT2D eigenvalue weighted by Gasteiger charge is -2.09. The maximum Gasteiger partial charge on any atom is 0.251 e. The van der Waals surface area contributed by atoms with Crippen LogP contribution in [0.5, 0.6) is 0 Å². The molecule has 1 fully saturated rings. The number of carbonyl (C=O) groups is 1. The number of hydrogen-bond acceptors (Lipinski definition) is 3. The molecule has 2 rings (SSSR count). The molecule has 0 aromatic carbocycles. The van der Waals surface area contributed by atoms with Crippen molar-refractivity contribution in [2.24, 2.45) is 10.8 Å². The summed E-state index contributed by atoms with van der Waals surface area (Å²) in [6.45, 7) is 8.52. The van der Waals surface area contributed by atoms with E-state index in [4.69, 9.17) is 5.73 Å². The highest BCUT2D eigenvalue weighted by Crippen LogP contribution is 2.62. The summed E-state index contributed by atoms with van der Waals surface area (Å²) < 4.78 is 1.33. The van der Waals surface area contributed by atoms with Crippen molar-refractivity contribution in [3.8, 4) is 0 Å². The number of pyridine rings is 1. The van der Waals surface area contributed by atoms with Gasteiger partial charge in [0.15, 0.2) is 0 Å². The molecule has 0 atom stereocenters. The third kappa shape index (κ3) is 2.25. The quantitative estimate of drug-likeness (QED) is 0.853. The molecule has 19 heavy (non-hydrogen) atoms. The molecule has 0 saturated heterocycles. The van der Waals surface area contributed by atoms with Gasteiger partial charge < -0.3 is 15.6 Å². The molecule has 0 bridgehead atoms. The number of anilines is 1. The van der Waals surface area contributed by atoms with Crippen LogP contribution in [0.1, 0.15) is 27.7 Å².